The molecule has 0 radical (unpaired) electrons. The first-order valence-corrected chi connectivity index (χ1v) is 6.89. The predicted molar refractivity (Wildman–Crippen MR) is 72.9 cm³/mol. The monoisotopic (exact) mass is 254 g/mol. The minimum Gasteiger partial charge on any atom is -0.302 e. The zero-order valence-electron chi connectivity index (χ0n) is 11.5. The quantitative estimate of drug-likeness (QED) is 0.773. The molecule has 1 atom stereocenters. The van der Waals surface area contributed by atoms with Crippen LogP contribution in [0, 0.1) is 0 Å². The van der Waals surface area contributed by atoms with Crippen molar-refractivity contribution < 1.29 is 8.76 Å². The standard InChI is InChI=1S/C14H22O2S/c1-13(2,3)10-7-11(14(4,5)6)9-12(8-10)17(15)16/h7-9H,1-6H3,(H,15,16). The Morgan fingerprint density at radius 1 is 0.882 bits per heavy atom. The summed E-state index contributed by atoms with van der Waals surface area (Å²) in [5.41, 5.74) is 2.16. The fourth-order valence-corrected chi connectivity index (χ4v) is 2.02. The van der Waals surface area contributed by atoms with E-state index in [0.717, 1.165) is 11.1 Å². The third-order valence-corrected chi connectivity index (χ3v) is 3.48. The zero-order chi connectivity index (χ0) is 13.4. The van der Waals surface area contributed by atoms with Crippen LogP contribution in [0.5, 0.6) is 0 Å². The van der Waals surface area contributed by atoms with Gasteiger partial charge in [-0.15, -0.1) is 0 Å². The highest BCUT2D eigenvalue weighted by Gasteiger charge is 2.21. The molecule has 96 valence electrons. The van der Waals surface area contributed by atoms with Crippen molar-refractivity contribution >= 4 is 11.1 Å². The SMILES string of the molecule is CC(C)(C)c1cc(S(=O)O)cc(C(C)(C)C)c1. The Morgan fingerprint density at radius 2 is 1.24 bits per heavy atom. The highest BCUT2D eigenvalue weighted by atomic mass is 32.2. The Morgan fingerprint density at radius 3 is 1.47 bits per heavy atom. The summed E-state index contributed by atoms with van der Waals surface area (Å²) in [6, 6.07) is 5.78. The molecule has 0 saturated carbocycles. The molecule has 1 aromatic rings. The third kappa shape index (κ3) is 3.65. The summed E-state index contributed by atoms with van der Waals surface area (Å²) in [7, 11) is 0. The van der Waals surface area contributed by atoms with Gasteiger partial charge in [0.1, 0.15) is 0 Å². The average molecular weight is 254 g/mol. The molecular weight excluding hydrogens is 232 g/mol. The van der Waals surface area contributed by atoms with E-state index in [1.807, 2.05) is 12.1 Å². The molecule has 0 saturated heterocycles. The van der Waals surface area contributed by atoms with Gasteiger partial charge in [0, 0.05) is 0 Å². The van der Waals surface area contributed by atoms with Crippen molar-refractivity contribution in [2.45, 2.75) is 57.3 Å². The number of hydrogen-bond acceptors (Lipinski definition) is 1. The number of hydrogen-bond donors (Lipinski definition) is 1. The largest absolute Gasteiger partial charge is 0.302 e. The normalized spacial score (nSPS) is 14.8. The Bertz CT molecular complexity index is 404. The fourth-order valence-electron chi connectivity index (χ4n) is 1.57. The second kappa shape index (κ2) is 4.54. The van der Waals surface area contributed by atoms with Gasteiger partial charge in [0.2, 0.25) is 0 Å². The van der Waals surface area contributed by atoms with Crippen molar-refractivity contribution in [2.75, 3.05) is 0 Å². The smallest absolute Gasteiger partial charge is 0.186 e. The van der Waals surface area contributed by atoms with E-state index in [9.17, 15) is 8.76 Å². The van der Waals surface area contributed by atoms with Crippen LogP contribution in [-0.4, -0.2) is 8.76 Å². The molecule has 1 aromatic carbocycles. The maximum absolute atomic E-state index is 11.3. The van der Waals surface area contributed by atoms with Crippen LogP contribution in [0.2, 0.25) is 0 Å². The van der Waals surface area contributed by atoms with Gasteiger partial charge in [-0.1, -0.05) is 47.6 Å². The highest BCUT2D eigenvalue weighted by molar-refractivity contribution is 7.79. The number of benzene rings is 1. The molecule has 0 aliphatic rings. The van der Waals surface area contributed by atoms with Crippen LogP contribution < -0.4 is 0 Å². The molecule has 0 spiro atoms. The van der Waals surface area contributed by atoms with Gasteiger partial charge in [0.05, 0.1) is 4.90 Å². The van der Waals surface area contributed by atoms with E-state index in [2.05, 4.69) is 47.6 Å². The lowest BCUT2D eigenvalue weighted by Gasteiger charge is -2.25. The minimum absolute atomic E-state index is 0.0185. The van der Waals surface area contributed by atoms with Gasteiger partial charge < -0.3 is 4.55 Å². The van der Waals surface area contributed by atoms with Crippen molar-refractivity contribution in [3.05, 3.63) is 29.3 Å². The molecule has 0 heterocycles. The minimum atomic E-state index is -1.92. The Kier molecular flexibility index (Phi) is 3.84. The van der Waals surface area contributed by atoms with E-state index in [1.54, 1.807) is 0 Å². The molecule has 1 N–H and O–H groups in total. The number of rotatable bonds is 1. The maximum atomic E-state index is 11.3. The van der Waals surface area contributed by atoms with Crippen molar-refractivity contribution in [2.24, 2.45) is 0 Å². The summed E-state index contributed by atoms with van der Waals surface area (Å²) in [6.45, 7) is 12.7. The van der Waals surface area contributed by atoms with Gasteiger partial charge in [-0.05, 0) is 34.1 Å². The molecular formula is C14H22O2S. The molecule has 0 aliphatic carbocycles. The van der Waals surface area contributed by atoms with Crippen molar-refractivity contribution in [3.8, 4) is 0 Å². The molecule has 1 unspecified atom stereocenters. The van der Waals surface area contributed by atoms with Gasteiger partial charge in [0.25, 0.3) is 0 Å². The van der Waals surface area contributed by atoms with E-state index in [4.69, 9.17) is 0 Å². The van der Waals surface area contributed by atoms with Gasteiger partial charge in [-0.2, -0.15) is 0 Å². The third-order valence-electron chi connectivity index (χ3n) is 2.84. The van der Waals surface area contributed by atoms with Crippen LogP contribution in [0.4, 0.5) is 0 Å². The van der Waals surface area contributed by atoms with E-state index in [1.165, 1.54) is 0 Å². The second-order valence-corrected chi connectivity index (χ2v) is 7.46. The lowest BCUT2D eigenvalue weighted by molar-refractivity contribution is 0.553. The molecule has 0 amide bonds. The summed E-state index contributed by atoms with van der Waals surface area (Å²) in [5.74, 6) is 0. The van der Waals surface area contributed by atoms with Crippen molar-refractivity contribution in [1.82, 2.24) is 0 Å². The average Bonchev–Trinajstić information content (AvgIpc) is 2.14. The zero-order valence-corrected chi connectivity index (χ0v) is 12.3. The van der Waals surface area contributed by atoms with Gasteiger partial charge in [0.15, 0.2) is 11.1 Å². The van der Waals surface area contributed by atoms with Crippen LogP contribution in [0.15, 0.2) is 23.1 Å². The maximum Gasteiger partial charge on any atom is 0.186 e. The van der Waals surface area contributed by atoms with Gasteiger partial charge in [-0.3, -0.25) is 0 Å². The first-order chi connectivity index (χ1) is 7.51. The van der Waals surface area contributed by atoms with Crippen LogP contribution in [0.1, 0.15) is 52.7 Å². The Balaban J connectivity index is 3.45. The summed E-state index contributed by atoms with van der Waals surface area (Å²) < 4.78 is 20.5. The molecule has 3 heteroatoms. The first-order valence-electron chi connectivity index (χ1n) is 5.79. The predicted octanol–water partition coefficient (Wildman–Crippen LogP) is 3.86. The molecule has 0 aromatic heterocycles. The summed E-state index contributed by atoms with van der Waals surface area (Å²) in [5, 5.41) is 0. The van der Waals surface area contributed by atoms with Gasteiger partial charge >= 0.3 is 0 Å². The van der Waals surface area contributed by atoms with Crippen LogP contribution in [0.25, 0.3) is 0 Å². The fraction of sp³-hybridized carbons (Fsp3) is 0.571. The van der Waals surface area contributed by atoms with Crippen LogP contribution >= 0.6 is 0 Å². The van der Waals surface area contributed by atoms with Gasteiger partial charge in [-0.25, -0.2) is 4.21 Å². The second-order valence-electron chi connectivity index (χ2n) is 6.50. The molecule has 0 aliphatic heterocycles. The highest BCUT2D eigenvalue weighted by Crippen LogP contribution is 2.30. The molecule has 2 nitrogen and oxygen atoms in total. The molecule has 0 bridgehead atoms. The van der Waals surface area contributed by atoms with E-state index < -0.39 is 11.1 Å². The molecule has 0 fully saturated rings. The van der Waals surface area contributed by atoms with Crippen LogP contribution in [0.3, 0.4) is 0 Å². The van der Waals surface area contributed by atoms with E-state index >= 15 is 0 Å². The first kappa shape index (κ1) is 14.4. The summed E-state index contributed by atoms with van der Waals surface area (Å²) in [6.07, 6.45) is 0. The lowest BCUT2D eigenvalue weighted by Crippen LogP contribution is -2.17. The van der Waals surface area contributed by atoms with E-state index in [0.29, 0.717) is 4.90 Å². The summed E-state index contributed by atoms with van der Waals surface area (Å²) >= 11 is -1.92. The Hall–Kier alpha value is -0.670. The van der Waals surface area contributed by atoms with Crippen molar-refractivity contribution in [1.29, 1.82) is 0 Å². The van der Waals surface area contributed by atoms with Crippen LogP contribution in [-0.2, 0) is 21.9 Å². The Labute approximate surface area is 107 Å². The molecule has 1 rings (SSSR count). The van der Waals surface area contributed by atoms with E-state index in [-0.39, 0.29) is 10.8 Å². The lowest BCUT2D eigenvalue weighted by atomic mass is 9.81. The topological polar surface area (TPSA) is 37.3 Å². The summed E-state index contributed by atoms with van der Waals surface area (Å²) in [4.78, 5) is 0.488. The van der Waals surface area contributed by atoms with Crippen molar-refractivity contribution in [3.63, 3.8) is 0 Å². The molecule has 17 heavy (non-hydrogen) atoms.